The van der Waals surface area contributed by atoms with Gasteiger partial charge in [-0.1, -0.05) is 25.4 Å². The number of aryl methyl sites for hydroxylation is 1. The molecule has 4 nitrogen and oxygen atoms in total. The molecule has 1 heterocycles. The van der Waals surface area contributed by atoms with E-state index in [1.165, 1.54) is 11.3 Å². The smallest absolute Gasteiger partial charge is 0.226 e. The summed E-state index contributed by atoms with van der Waals surface area (Å²) >= 11 is 7.49. The van der Waals surface area contributed by atoms with Crippen LogP contribution in [0, 0.1) is 12.8 Å². The third-order valence-electron chi connectivity index (χ3n) is 3.14. The van der Waals surface area contributed by atoms with Crippen molar-refractivity contribution in [1.82, 2.24) is 10.3 Å². The van der Waals surface area contributed by atoms with Crippen LogP contribution < -0.4 is 10.1 Å². The standard InChI is InChI=1S/C17H21ClN2O2S/c1-11(2)8-19-16(21)7-13-10-23-17(20-13)9-22-14-4-5-15(18)12(3)6-14/h4-6,10-11H,7-9H2,1-3H3,(H,19,21). The molecule has 0 bridgehead atoms. The van der Waals surface area contributed by atoms with Crippen LogP contribution in [-0.2, 0) is 17.8 Å². The summed E-state index contributed by atoms with van der Waals surface area (Å²) in [5.74, 6) is 1.21. The van der Waals surface area contributed by atoms with Gasteiger partial charge >= 0.3 is 0 Å². The fraction of sp³-hybridized carbons (Fsp3) is 0.412. The summed E-state index contributed by atoms with van der Waals surface area (Å²) in [5.41, 5.74) is 1.76. The zero-order chi connectivity index (χ0) is 16.8. The van der Waals surface area contributed by atoms with Gasteiger partial charge in [0.2, 0.25) is 5.91 Å². The highest BCUT2D eigenvalue weighted by atomic mass is 35.5. The second kappa shape index (κ2) is 8.31. The van der Waals surface area contributed by atoms with Gasteiger partial charge in [0.15, 0.2) is 0 Å². The first-order chi connectivity index (χ1) is 10.9. The van der Waals surface area contributed by atoms with E-state index < -0.39 is 0 Å². The minimum Gasteiger partial charge on any atom is -0.486 e. The molecule has 0 aliphatic rings. The number of carbonyl (C=O) groups is 1. The maximum Gasteiger partial charge on any atom is 0.226 e. The van der Waals surface area contributed by atoms with Crippen LogP contribution in [0.4, 0.5) is 0 Å². The first kappa shape index (κ1) is 17.8. The molecular formula is C17H21ClN2O2S. The van der Waals surface area contributed by atoms with E-state index >= 15 is 0 Å². The average Bonchev–Trinajstić information content (AvgIpc) is 2.94. The Kier molecular flexibility index (Phi) is 6.42. The summed E-state index contributed by atoms with van der Waals surface area (Å²) in [6.07, 6.45) is 0.309. The van der Waals surface area contributed by atoms with Gasteiger partial charge < -0.3 is 10.1 Å². The molecule has 1 aromatic heterocycles. The Morgan fingerprint density at radius 2 is 2.22 bits per heavy atom. The highest BCUT2D eigenvalue weighted by molar-refractivity contribution is 7.09. The molecule has 0 unspecified atom stereocenters. The predicted molar refractivity (Wildman–Crippen MR) is 94.2 cm³/mol. The minimum atomic E-state index is 0.00444. The van der Waals surface area contributed by atoms with E-state index in [9.17, 15) is 4.79 Å². The molecule has 124 valence electrons. The van der Waals surface area contributed by atoms with Crippen LogP contribution in [0.2, 0.25) is 5.02 Å². The molecule has 0 atom stereocenters. The van der Waals surface area contributed by atoms with Gasteiger partial charge in [-0.2, -0.15) is 0 Å². The SMILES string of the molecule is Cc1cc(OCc2nc(CC(=O)NCC(C)C)cs2)ccc1Cl. The Hall–Kier alpha value is -1.59. The first-order valence-electron chi connectivity index (χ1n) is 7.53. The normalized spacial score (nSPS) is 10.8. The number of thiazole rings is 1. The monoisotopic (exact) mass is 352 g/mol. The number of amides is 1. The van der Waals surface area contributed by atoms with Gasteiger partial charge in [-0.15, -0.1) is 11.3 Å². The van der Waals surface area contributed by atoms with Crippen molar-refractivity contribution in [2.24, 2.45) is 5.92 Å². The molecule has 0 radical (unpaired) electrons. The fourth-order valence-electron chi connectivity index (χ4n) is 1.89. The highest BCUT2D eigenvalue weighted by Gasteiger charge is 2.09. The van der Waals surface area contributed by atoms with E-state index in [-0.39, 0.29) is 5.91 Å². The lowest BCUT2D eigenvalue weighted by Crippen LogP contribution is -2.28. The van der Waals surface area contributed by atoms with Crippen LogP contribution in [0.5, 0.6) is 5.75 Å². The maximum absolute atomic E-state index is 11.8. The summed E-state index contributed by atoms with van der Waals surface area (Å²) in [6, 6.07) is 5.55. The molecule has 0 fully saturated rings. The average molecular weight is 353 g/mol. The van der Waals surface area contributed by atoms with Crippen LogP contribution in [-0.4, -0.2) is 17.4 Å². The Morgan fingerprint density at radius 3 is 2.91 bits per heavy atom. The number of nitrogens with one attached hydrogen (secondary N) is 1. The number of carbonyl (C=O) groups excluding carboxylic acids is 1. The molecule has 0 aliphatic carbocycles. The fourth-order valence-corrected chi connectivity index (χ4v) is 2.72. The molecule has 1 aromatic carbocycles. The molecule has 0 spiro atoms. The predicted octanol–water partition coefficient (Wildman–Crippen LogP) is 4.00. The van der Waals surface area contributed by atoms with Crippen molar-refractivity contribution in [2.75, 3.05) is 6.54 Å². The molecule has 0 saturated heterocycles. The maximum atomic E-state index is 11.8. The van der Waals surface area contributed by atoms with Gasteiger partial charge in [-0.25, -0.2) is 4.98 Å². The molecule has 0 saturated carbocycles. The van der Waals surface area contributed by atoms with Gasteiger partial charge in [-0.3, -0.25) is 4.79 Å². The molecule has 23 heavy (non-hydrogen) atoms. The van der Waals surface area contributed by atoms with E-state index in [2.05, 4.69) is 24.1 Å². The molecule has 0 aliphatic heterocycles. The van der Waals surface area contributed by atoms with Crippen molar-refractivity contribution in [2.45, 2.75) is 33.8 Å². The van der Waals surface area contributed by atoms with E-state index in [0.29, 0.717) is 25.5 Å². The number of hydrogen-bond acceptors (Lipinski definition) is 4. The number of aromatic nitrogens is 1. The summed E-state index contributed by atoms with van der Waals surface area (Å²) < 4.78 is 5.71. The quantitative estimate of drug-likeness (QED) is 0.819. The number of ether oxygens (including phenoxy) is 1. The van der Waals surface area contributed by atoms with Crippen LogP contribution in [0.15, 0.2) is 23.6 Å². The zero-order valence-corrected chi connectivity index (χ0v) is 15.1. The van der Waals surface area contributed by atoms with Crippen molar-refractivity contribution < 1.29 is 9.53 Å². The van der Waals surface area contributed by atoms with Gasteiger partial charge in [0.05, 0.1) is 12.1 Å². The van der Waals surface area contributed by atoms with Gasteiger partial charge in [0.1, 0.15) is 17.4 Å². The summed E-state index contributed by atoms with van der Waals surface area (Å²) in [7, 11) is 0. The highest BCUT2D eigenvalue weighted by Crippen LogP contribution is 2.22. The van der Waals surface area contributed by atoms with E-state index in [4.69, 9.17) is 16.3 Å². The number of benzene rings is 1. The topological polar surface area (TPSA) is 51.2 Å². The van der Waals surface area contributed by atoms with Crippen molar-refractivity contribution in [3.8, 4) is 5.75 Å². The molecular weight excluding hydrogens is 332 g/mol. The third kappa shape index (κ3) is 5.84. The molecule has 1 N–H and O–H groups in total. The number of rotatable bonds is 7. The molecule has 2 aromatic rings. The lowest BCUT2D eigenvalue weighted by atomic mass is 10.2. The van der Waals surface area contributed by atoms with Crippen molar-refractivity contribution in [1.29, 1.82) is 0 Å². The molecule has 1 amide bonds. The van der Waals surface area contributed by atoms with Crippen LogP contribution >= 0.6 is 22.9 Å². The zero-order valence-electron chi connectivity index (χ0n) is 13.6. The van der Waals surface area contributed by atoms with Crippen LogP contribution in [0.25, 0.3) is 0 Å². The number of nitrogens with zero attached hydrogens (tertiary/aromatic N) is 1. The Bertz CT molecular complexity index is 670. The minimum absolute atomic E-state index is 0.00444. The van der Waals surface area contributed by atoms with E-state index in [1.807, 2.05) is 30.5 Å². The second-order valence-electron chi connectivity index (χ2n) is 5.81. The largest absolute Gasteiger partial charge is 0.486 e. The van der Waals surface area contributed by atoms with Gasteiger partial charge in [0.25, 0.3) is 0 Å². The summed E-state index contributed by atoms with van der Waals surface area (Å²) in [5, 5.41) is 6.37. The van der Waals surface area contributed by atoms with Gasteiger partial charge in [-0.05, 0) is 36.6 Å². The third-order valence-corrected chi connectivity index (χ3v) is 4.44. The van der Waals surface area contributed by atoms with Gasteiger partial charge in [0, 0.05) is 16.9 Å². The Balaban J connectivity index is 1.84. The number of hydrogen-bond donors (Lipinski definition) is 1. The van der Waals surface area contributed by atoms with E-state index in [1.54, 1.807) is 0 Å². The van der Waals surface area contributed by atoms with Crippen molar-refractivity contribution in [3.05, 3.63) is 44.9 Å². The van der Waals surface area contributed by atoms with Crippen molar-refractivity contribution >= 4 is 28.8 Å². The summed E-state index contributed by atoms with van der Waals surface area (Å²) in [4.78, 5) is 16.2. The number of halogens is 1. The van der Waals surface area contributed by atoms with Crippen molar-refractivity contribution in [3.63, 3.8) is 0 Å². The molecule has 6 heteroatoms. The first-order valence-corrected chi connectivity index (χ1v) is 8.78. The Morgan fingerprint density at radius 1 is 1.43 bits per heavy atom. The van der Waals surface area contributed by atoms with Crippen LogP contribution in [0.3, 0.4) is 0 Å². The van der Waals surface area contributed by atoms with E-state index in [0.717, 1.165) is 27.0 Å². The molecule has 2 rings (SSSR count). The lowest BCUT2D eigenvalue weighted by Gasteiger charge is -2.06. The summed E-state index contributed by atoms with van der Waals surface area (Å²) in [6.45, 7) is 7.15. The lowest BCUT2D eigenvalue weighted by molar-refractivity contribution is -0.120. The second-order valence-corrected chi connectivity index (χ2v) is 7.16. The van der Waals surface area contributed by atoms with Crippen LogP contribution in [0.1, 0.15) is 30.1 Å². The Labute approximate surface area is 145 Å².